The maximum Gasteiger partial charge on any atom is 0.328 e. The number of carbonyl (C=O) groups excluding carboxylic acids is 4. The van der Waals surface area contributed by atoms with Gasteiger partial charge < -0.3 is 37.6 Å². The molecule has 14 heteroatoms. The summed E-state index contributed by atoms with van der Waals surface area (Å²) in [6.45, 7) is -0.835. The molecule has 0 bridgehead atoms. The van der Waals surface area contributed by atoms with Gasteiger partial charge in [0.05, 0.1) is 19.1 Å². The van der Waals surface area contributed by atoms with Crippen LogP contribution in [0.15, 0.2) is 0 Å². The zero-order chi connectivity index (χ0) is 22.6. The van der Waals surface area contributed by atoms with E-state index < -0.39 is 66.8 Å². The van der Waals surface area contributed by atoms with Crippen molar-refractivity contribution in [1.29, 1.82) is 0 Å². The summed E-state index contributed by atoms with van der Waals surface area (Å²) >= 11 is 5.38. The number of nitrogens with two attached hydrogens (primary N) is 2. The molecule has 0 saturated heterocycles. The Morgan fingerprint density at radius 2 is 1.52 bits per heavy atom. The van der Waals surface area contributed by atoms with Crippen LogP contribution < -0.4 is 27.4 Å². The number of carboxylic acid groups (broad SMARTS) is 1. The second-order valence-electron chi connectivity index (χ2n) is 5.95. The summed E-state index contributed by atoms with van der Waals surface area (Å²) in [4.78, 5) is 58.6. The molecule has 0 aromatic rings. The third kappa shape index (κ3) is 10.3. The van der Waals surface area contributed by atoms with Crippen LogP contribution in [0, 0.1) is 0 Å². The van der Waals surface area contributed by atoms with Gasteiger partial charge in [-0.25, -0.2) is 4.79 Å². The zero-order valence-corrected chi connectivity index (χ0v) is 17.5. The second-order valence-corrected chi connectivity index (χ2v) is 7.30. The lowest BCUT2D eigenvalue weighted by Gasteiger charge is -2.24. The van der Waals surface area contributed by atoms with E-state index >= 15 is 0 Å². The van der Waals surface area contributed by atoms with Crippen LogP contribution in [0.1, 0.15) is 12.8 Å². The normalized spacial score (nSPS) is 14.8. The fourth-order valence-electron chi connectivity index (χ4n) is 2.02. The number of aliphatic carboxylic acids is 1. The summed E-state index contributed by atoms with van der Waals surface area (Å²) in [5, 5.41) is 24.7. The van der Waals surface area contributed by atoms with Crippen LogP contribution in [0.4, 0.5) is 0 Å². The zero-order valence-electron chi connectivity index (χ0n) is 15.8. The average molecular weight is 454 g/mol. The van der Waals surface area contributed by atoms with E-state index in [2.05, 4.69) is 28.6 Å². The number of carbonyl (C=O) groups is 5. The predicted octanol–water partition coefficient (Wildman–Crippen LogP) is -3.60. The highest BCUT2D eigenvalue weighted by Gasteiger charge is 2.29. The summed E-state index contributed by atoms with van der Waals surface area (Å²) in [7, 11) is 0. The average Bonchev–Trinajstić information content (AvgIpc) is 2.65. The molecule has 4 atom stereocenters. The monoisotopic (exact) mass is 453 g/mol. The molecule has 0 aliphatic carbocycles. The van der Waals surface area contributed by atoms with Crippen LogP contribution in [0.2, 0.25) is 0 Å². The summed E-state index contributed by atoms with van der Waals surface area (Å²) in [5.41, 5.74) is 10.6. The standard InChI is InChI=1S/C15H27N5O7S2/c1-29-3-2-8(18-12(23)7(16)4-11(17)22)13(24)20-10(6-28)14(25)19-9(5-21)15(26)27/h7-10,21,28H,2-6,16H2,1H3,(H2,17,22)(H,18,23)(H,19,25)(H,20,24)(H,26,27)/t7-,8-,9-,10-/m0/s1. The molecule has 0 aliphatic rings. The van der Waals surface area contributed by atoms with Gasteiger partial charge in [-0.2, -0.15) is 24.4 Å². The van der Waals surface area contributed by atoms with Crippen LogP contribution in [-0.2, 0) is 24.0 Å². The molecular weight excluding hydrogens is 426 g/mol. The number of hydrogen-bond donors (Lipinski definition) is 8. The first kappa shape index (κ1) is 27.0. The number of thioether (sulfide) groups is 1. The van der Waals surface area contributed by atoms with E-state index in [0.29, 0.717) is 5.75 Å². The Kier molecular flexibility index (Phi) is 13.0. The van der Waals surface area contributed by atoms with Crippen molar-refractivity contribution in [2.75, 3.05) is 24.4 Å². The quantitative estimate of drug-likeness (QED) is 0.122. The lowest BCUT2D eigenvalue weighted by Crippen LogP contribution is -2.58. The molecular formula is C15H27N5O7S2. The summed E-state index contributed by atoms with van der Waals surface area (Å²) in [6, 6.07) is -5.05. The molecule has 0 aromatic carbocycles. The third-order valence-electron chi connectivity index (χ3n) is 3.61. The largest absolute Gasteiger partial charge is 0.480 e. The molecule has 0 heterocycles. The molecule has 0 spiro atoms. The fraction of sp³-hybridized carbons (Fsp3) is 0.667. The Morgan fingerprint density at radius 1 is 1.00 bits per heavy atom. The molecule has 0 saturated carbocycles. The van der Waals surface area contributed by atoms with E-state index in [0.717, 1.165) is 0 Å². The van der Waals surface area contributed by atoms with Gasteiger partial charge in [-0.15, -0.1) is 0 Å². The van der Waals surface area contributed by atoms with E-state index in [-0.39, 0.29) is 12.2 Å². The Labute approximate surface area is 177 Å². The first-order chi connectivity index (χ1) is 13.6. The number of thiol groups is 1. The number of hydrogen-bond acceptors (Lipinski definition) is 9. The topological polar surface area (TPSA) is 214 Å². The van der Waals surface area contributed by atoms with Gasteiger partial charge in [0.15, 0.2) is 0 Å². The number of nitrogens with one attached hydrogen (secondary N) is 3. The van der Waals surface area contributed by atoms with Crippen molar-refractivity contribution >= 4 is 54.0 Å². The van der Waals surface area contributed by atoms with Crippen LogP contribution in [0.5, 0.6) is 0 Å². The summed E-state index contributed by atoms with van der Waals surface area (Å²) < 4.78 is 0. The van der Waals surface area contributed by atoms with E-state index in [1.54, 1.807) is 6.26 Å². The molecule has 0 unspecified atom stereocenters. The maximum atomic E-state index is 12.5. The van der Waals surface area contributed by atoms with E-state index in [1.807, 2.05) is 0 Å². The molecule has 0 aromatic heterocycles. The van der Waals surface area contributed by atoms with Crippen LogP contribution in [0.25, 0.3) is 0 Å². The van der Waals surface area contributed by atoms with Gasteiger partial charge in [-0.3, -0.25) is 19.2 Å². The van der Waals surface area contributed by atoms with E-state index in [9.17, 15) is 24.0 Å². The highest BCUT2D eigenvalue weighted by molar-refractivity contribution is 7.98. The maximum absolute atomic E-state index is 12.5. The third-order valence-corrected chi connectivity index (χ3v) is 4.62. The highest BCUT2D eigenvalue weighted by Crippen LogP contribution is 2.03. The van der Waals surface area contributed by atoms with Crippen molar-refractivity contribution in [1.82, 2.24) is 16.0 Å². The number of carboxylic acids is 1. The number of amides is 4. The Morgan fingerprint density at radius 3 is 1.97 bits per heavy atom. The lowest BCUT2D eigenvalue weighted by molar-refractivity contribution is -0.143. The molecule has 12 nitrogen and oxygen atoms in total. The van der Waals surface area contributed by atoms with Crippen LogP contribution in [-0.4, -0.2) is 88.3 Å². The molecule has 0 rings (SSSR count). The molecule has 29 heavy (non-hydrogen) atoms. The number of aliphatic hydroxyl groups excluding tert-OH is 1. The fourth-order valence-corrected chi connectivity index (χ4v) is 2.75. The van der Waals surface area contributed by atoms with Gasteiger partial charge in [0.25, 0.3) is 0 Å². The first-order valence-electron chi connectivity index (χ1n) is 8.45. The second kappa shape index (κ2) is 14.0. The van der Waals surface area contributed by atoms with Crippen molar-refractivity contribution in [3.05, 3.63) is 0 Å². The molecule has 0 radical (unpaired) electrons. The SMILES string of the molecule is CSCC[C@H](NC(=O)[C@@H](N)CC(N)=O)C(=O)N[C@@H](CS)C(=O)N[C@@H](CO)C(=O)O. The Bertz CT molecular complexity index is 608. The van der Waals surface area contributed by atoms with Crippen LogP contribution in [0.3, 0.4) is 0 Å². The molecule has 0 fully saturated rings. The van der Waals surface area contributed by atoms with Crippen molar-refractivity contribution in [3.63, 3.8) is 0 Å². The van der Waals surface area contributed by atoms with Gasteiger partial charge in [0.2, 0.25) is 23.6 Å². The van der Waals surface area contributed by atoms with Gasteiger partial charge in [-0.1, -0.05) is 0 Å². The summed E-state index contributed by atoms with van der Waals surface area (Å²) in [5.74, 6) is -4.24. The van der Waals surface area contributed by atoms with Crippen molar-refractivity contribution < 1.29 is 34.2 Å². The van der Waals surface area contributed by atoms with Crippen molar-refractivity contribution in [3.8, 4) is 0 Å². The lowest BCUT2D eigenvalue weighted by atomic mass is 10.1. The number of aliphatic hydroxyl groups is 1. The van der Waals surface area contributed by atoms with Crippen LogP contribution >= 0.6 is 24.4 Å². The van der Waals surface area contributed by atoms with Gasteiger partial charge in [-0.05, 0) is 18.4 Å². The van der Waals surface area contributed by atoms with Gasteiger partial charge >= 0.3 is 5.97 Å². The Hall–Kier alpha value is -2.03. The minimum Gasteiger partial charge on any atom is -0.480 e. The highest BCUT2D eigenvalue weighted by atomic mass is 32.2. The minimum atomic E-state index is -1.54. The predicted molar refractivity (Wildman–Crippen MR) is 109 cm³/mol. The summed E-state index contributed by atoms with van der Waals surface area (Å²) in [6.07, 6.45) is 1.60. The molecule has 9 N–H and O–H groups in total. The van der Waals surface area contributed by atoms with Gasteiger partial charge in [0, 0.05) is 5.75 Å². The number of rotatable bonds is 14. The smallest absolute Gasteiger partial charge is 0.328 e. The minimum absolute atomic E-state index is 0.167. The van der Waals surface area contributed by atoms with Crippen molar-refractivity contribution in [2.24, 2.45) is 11.5 Å². The molecule has 4 amide bonds. The Balaban J connectivity index is 5.12. The number of primary amides is 1. The first-order valence-corrected chi connectivity index (χ1v) is 10.5. The molecule has 166 valence electrons. The molecule has 0 aliphatic heterocycles. The van der Waals surface area contributed by atoms with E-state index in [1.165, 1.54) is 11.8 Å². The van der Waals surface area contributed by atoms with Crippen molar-refractivity contribution in [2.45, 2.75) is 37.0 Å². The van der Waals surface area contributed by atoms with E-state index in [4.69, 9.17) is 21.7 Å². The van der Waals surface area contributed by atoms with Gasteiger partial charge in [0.1, 0.15) is 18.1 Å².